The van der Waals surface area contributed by atoms with E-state index >= 15 is 0 Å². The number of aliphatic hydroxyl groups is 1. The summed E-state index contributed by atoms with van der Waals surface area (Å²) < 4.78 is 5.10. The minimum atomic E-state index is -0.427. The van der Waals surface area contributed by atoms with Gasteiger partial charge in [-0.3, -0.25) is 4.98 Å². The quantitative estimate of drug-likeness (QED) is 0.737. The monoisotopic (exact) mass is 181 g/mol. The molecule has 0 aliphatic rings. The summed E-state index contributed by atoms with van der Waals surface area (Å²) in [6.07, 6.45) is 3.66. The van der Waals surface area contributed by atoms with Crippen molar-refractivity contribution in [1.82, 2.24) is 4.98 Å². The minimum absolute atomic E-state index is 0.394. The third-order valence-corrected chi connectivity index (χ3v) is 1.71. The van der Waals surface area contributed by atoms with Crippen LogP contribution in [0.5, 0.6) is 0 Å². The lowest BCUT2D eigenvalue weighted by Crippen LogP contribution is -2.18. The van der Waals surface area contributed by atoms with E-state index in [1.54, 1.807) is 12.4 Å². The summed E-state index contributed by atoms with van der Waals surface area (Å²) in [7, 11) is 0. The molecule has 0 spiro atoms. The lowest BCUT2D eigenvalue weighted by Gasteiger charge is -2.09. The molecule has 13 heavy (non-hydrogen) atoms. The number of aromatic nitrogens is 1. The summed E-state index contributed by atoms with van der Waals surface area (Å²) in [6.45, 7) is 2.95. The Labute approximate surface area is 78.4 Å². The maximum atomic E-state index is 9.48. The van der Waals surface area contributed by atoms with Crippen molar-refractivity contribution >= 4 is 0 Å². The molecule has 3 heteroatoms. The van der Waals surface area contributed by atoms with Crippen LogP contribution in [0.4, 0.5) is 0 Å². The Kier molecular flexibility index (Phi) is 4.43. The van der Waals surface area contributed by atoms with Crippen LogP contribution in [0.25, 0.3) is 0 Å². The summed E-state index contributed by atoms with van der Waals surface area (Å²) >= 11 is 0. The van der Waals surface area contributed by atoms with Crippen LogP contribution in [-0.2, 0) is 11.2 Å². The Morgan fingerprint density at radius 1 is 1.62 bits per heavy atom. The van der Waals surface area contributed by atoms with Crippen LogP contribution in [0, 0.1) is 0 Å². The van der Waals surface area contributed by atoms with E-state index in [4.69, 9.17) is 4.74 Å². The van der Waals surface area contributed by atoms with Gasteiger partial charge in [0.25, 0.3) is 0 Å². The van der Waals surface area contributed by atoms with Gasteiger partial charge in [-0.25, -0.2) is 0 Å². The molecule has 1 aromatic heterocycles. The van der Waals surface area contributed by atoms with Crippen LogP contribution in [-0.4, -0.2) is 29.4 Å². The predicted molar refractivity (Wildman–Crippen MR) is 50.4 cm³/mol. The molecule has 0 aliphatic heterocycles. The normalized spacial score (nSPS) is 12.8. The topological polar surface area (TPSA) is 42.4 Å². The second-order valence-corrected chi connectivity index (χ2v) is 2.88. The van der Waals surface area contributed by atoms with Gasteiger partial charge in [0.05, 0.1) is 12.7 Å². The standard InChI is InChI=1S/C10H15NO2/c1-2-13-8-10(12)6-9-4-3-5-11-7-9/h3-5,7,10,12H,2,6,8H2,1H3. The van der Waals surface area contributed by atoms with Crippen LogP contribution in [0.2, 0.25) is 0 Å². The van der Waals surface area contributed by atoms with Crippen LogP contribution in [0.15, 0.2) is 24.5 Å². The second kappa shape index (κ2) is 5.67. The van der Waals surface area contributed by atoms with E-state index in [9.17, 15) is 5.11 Å². The Bertz CT molecular complexity index is 226. The second-order valence-electron chi connectivity index (χ2n) is 2.88. The molecule has 1 aromatic rings. The van der Waals surface area contributed by atoms with E-state index in [1.807, 2.05) is 19.1 Å². The average Bonchev–Trinajstić information content (AvgIpc) is 2.16. The number of aliphatic hydroxyl groups excluding tert-OH is 1. The molecule has 0 bridgehead atoms. The number of hydrogen-bond donors (Lipinski definition) is 1. The van der Waals surface area contributed by atoms with E-state index in [0.717, 1.165) is 5.56 Å². The summed E-state index contributed by atoms with van der Waals surface area (Å²) in [4.78, 5) is 3.97. The van der Waals surface area contributed by atoms with Gasteiger partial charge in [-0.1, -0.05) is 6.07 Å². The summed E-state index contributed by atoms with van der Waals surface area (Å²) in [5, 5.41) is 9.48. The van der Waals surface area contributed by atoms with Crippen molar-refractivity contribution in [3.05, 3.63) is 30.1 Å². The summed E-state index contributed by atoms with van der Waals surface area (Å²) in [6, 6.07) is 3.81. The van der Waals surface area contributed by atoms with Crippen LogP contribution >= 0.6 is 0 Å². The molecule has 3 nitrogen and oxygen atoms in total. The number of ether oxygens (including phenoxy) is 1. The van der Waals surface area contributed by atoms with E-state index in [2.05, 4.69) is 4.98 Å². The first-order chi connectivity index (χ1) is 6.33. The highest BCUT2D eigenvalue weighted by Gasteiger charge is 2.04. The zero-order valence-corrected chi connectivity index (χ0v) is 7.81. The molecule has 0 aliphatic carbocycles. The van der Waals surface area contributed by atoms with Crippen molar-refractivity contribution in [2.75, 3.05) is 13.2 Å². The fourth-order valence-corrected chi connectivity index (χ4v) is 1.10. The fraction of sp³-hybridized carbons (Fsp3) is 0.500. The first-order valence-electron chi connectivity index (χ1n) is 4.47. The van der Waals surface area contributed by atoms with E-state index in [1.165, 1.54) is 0 Å². The van der Waals surface area contributed by atoms with Gasteiger partial charge in [0.2, 0.25) is 0 Å². The molecule has 0 aromatic carbocycles. The van der Waals surface area contributed by atoms with E-state index < -0.39 is 6.10 Å². The molecular formula is C10H15NO2. The van der Waals surface area contributed by atoms with E-state index in [-0.39, 0.29) is 0 Å². The maximum absolute atomic E-state index is 9.48. The minimum Gasteiger partial charge on any atom is -0.390 e. The number of pyridine rings is 1. The van der Waals surface area contributed by atoms with Crippen molar-refractivity contribution in [2.24, 2.45) is 0 Å². The highest BCUT2D eigenvalue weighted by Crippen LogP contribution is 2.01. The fourth-order valence-electron chi connectivity index (χ4n) is 1.10. The third-order valence-electron chi connectivity index (χ3n) is 1.71. The van der Waals surface area contributed by atoms with Crippen molar-refractivity contribution < 1.29 is 9.84 Å². The number of hydrogen-bond acceptors (Lipinski definition) is 3. The Balaban J connectivity index is 2.32. The summed E-state index contributed by atoms with van der Waals surface area (Å²) in [5.74, 6) is 0. The Morgan fingerprint density at radius 2 is 2.46 bits per heavy atom. The highest BCUT2D eigenvalue weighted by molar-refractivity contribution is 5.09. The Hall–Kier alpha value is -0.930. The molecule has 1 N–H and O–H groups in total. The van der Waals surface area contributed by atoms with Crippen molar-refractivity contribution in [1.29, 1.82) is 0 Å². The van der Waals surface area contributed by atoms with Crippen molar-refractivity contribution in [2.45, 2.75) is 19.4 Å². The Morgan fingerprint density at radius 3 is 3.08 bits per heavy atom. The molecule has 0 amide bonds. The average molecular weight is 181 g/mol. The van der Waals surface area contributed by atoms with Gasteiger partial charge >= 0.3 is 0 Å². The maximum Gasteiger partial charge on any atom is 0.0814 e. The number of nitrogens with zero attached hydrogens (tertiary/aromatic N) is 1. The SMILES string of the molecule is CCOCC(O)Cc1cccnc1. The number of rotatable bonds is 5. The highest BCUT2D eigenvalue weighted by atomic mass is 16.5. The van der Waals surface area contributed by atoms with E-state index in [0.29, 0.717) is 19.6 Å². The molecule has 1 atom stereocenters. The zero-order chi connectivity index (χ0) is 9.52. The molecule has 72 valence electrons. The first-order valence-corrected chi connectivity index (χ1v) is 4.47. The van der Waals surface area contributed by atoms with Crippen molar-refractivity contribution in [3.8, 4) is 0 Å². The van der Waals surface area contributed by atoms with Gasteiger partial charge in [-0.05, 0) is 18.6 Å². The van der Waals surface area contributed by atoms with Gasteiger partial charge in [-0.15, -0.1) is 0 Å². The van der Waals surface area contributed by atoms with Crippen LogP contribution in [0.3, 0.4) is 0 Å². The molecule has 1 heterocycles. The lowest BCUT2D eigenvalue weighted by molar-refractivity contribution is 0.0429. The molecule has 1 rings (SSSR count). The van der Waals surface area contributed by atoms with Crippen LogP contribution in [0.1, 0.15) is 12.5 Å². The van der Waals surface area contributed by atoms with Crippen molar-refractivity contribution in [3.63, 3.8) is 0 Å². The largest absolute Gasteiger partial charge is 0.390 e. The van der Waals surface area contributed by atoms with Crippen LogP contribution < -0.4 is 0 Å². The molecule has 0 radical (unpaired) electrons. The summed E-state index contributed by atoms with van der Waals surface area (Å²) in [5.41, 5.74) is 1.04. The van der Waals surface area contributed by atoms with Gasteiger partial charge in [0, 0.05) is 25.4 Å². The smallest absolute Gasteiger partial charge is 0.0814 e. The molecular weight excluding hydrogens is 166 g/mol. The predicted octanol–water partition coefficient (Wildman–Crippen LogP) is 1.02. The molecule has 0 saturated carbocycles. The lowest BCUT2D eigenvalue weighted by atomic mass is 10.1. The van der Waals surface area contributed by atoms with Gasteiger partial charge < -0.3 is 9.84 Å². The molecule has 1 unspecified atom stereocenters. The molecule has 0 fully saturated rings. The first kappa shape index (κ1) is 10.2. The van der Waals surface area contributed by atoms with Gasteiger partial charge in [-0.2, -0.15) is 0 Å². The van der Waals surface area contributed by atoms with Gasteiger partial charge in [0.1, 0.15) is 0 Å². The molecule has 0 saturated heterocycles. The van der Waals surface area contributed by atoms with Gasteiger partial charge in [0.15, 0.2) is 0 Å². The zero-order valence-electron chi connectivity index (χ0n) is 7.81. The third kappa shape index (κ3) is 4.01.